The fraction of sp³-hybridized carbons (Fsp3) is 0. The third kappa shape index (κ3) is 2.50. The Kier molecular flexibility index (Phi) is 3.07. The van der Waals surface area contributed by atoms with Crippen molar-refractivity contribution in [2.45, 2.75) is 0 Å². The Bertz CT molecular complexity index is 526. The minimum absolute atomic E-state index is 0.0764. The molecule has 1 aromatic heterocycles. The standard InChI is InChI=1S/C10H6ClNO3S/c11-7-3-1-2-6(4-7)9-12-8(5-16-9)15-10(13)14/h1-5H,(H,13,14). The molecule has 4 nitrogen and oxygen atoms in total. The zero-order valence-electron chi connectivity index (χ0n) is 7.88. The van der Waals surface area contributed by atoms with Gasteiger partial charge in [-0.15, -0.1) is 11.3 Å². The number of hydrogen-bond acceptors (Lipinski definition) is 4. The van der Waals surface area contributed by atoms with Gasteiger partial charge in [0.2, 0.25) is 5.88 Å². The smallest absolute Gasteiger partial charge is 0.449 e. The molecule has 1 N–H and O–H groups in total. The van der Waals surface area contributed by atoms with Gasteiger partial charge in [-0.1, -0.05) is 23.7 Å². The zero-order valence-corrected chi connectivity index (χ0v) is 9.46. The van der Waals surface area contributed by atoms with Crippen LogP contribution in [0.3, 0.4) is 0 Å². The van der Waals surface area contributed by atoms with E-state index < -0.39 is 6.16 Å². The third-order valence-electron chi connectivity index (χ3n) is 1.75. The first kappa shape index (κ1) is 10.9. The Balaban J connectivity index is 2.28. The Morgan fingerprint density at radius 1 is 1.50 bits per heavy atom. The monoisotopic (exact) mass is 255 g/mol. The Hall–Kier alpha value is -1.59. The van der Waals surface area contributed by atoms with Crippen molar-refractivity contribution in [3.8, 4) is 16.5 Å². The molecule has 0 aliphatic rings. The normalized spacial score (nSPS) is 10.1. The first-order valence-electron chi connectivity index (χ1n) is 4.27. The fourth-order valence-electron chi connectivity index (χ4n) is 1.15. The number of benzene rings is 1. The predicted molar refractivity (Wildman–Crippen MR) is 61.2 cm³/mol. The van der Waals surface area contributed by atoms with Gasteiger partial charge in [-0.25, -0.2) is 9.78 Å². The van der Waals surface area contributed by atoms with E-state index in [1.165, 1.54) is 16.7 Å². The van der Waals surface area contributed by atoms with Crippen LogP contribution in [0.5, 0.6) is 5.88 Å². The lowest BCUT2D eigenvalue weighted by Gasteiger charge is -1.96. The van der Waals surface area contributed by atoms with Gasteiger partial charge >= 0.3 is 6.16 Å². The molecule has 0 unspecified atom stereocenters. The molecule has 0 spiro atoms. The molecule has 0 aliphatic heterocycles. The molecule has 6 heteroatoms. The van der Waals surface area contributed by atoms with Crippen molar-refractivity contribution in [3.05, 3.63) is 34.7 Å². The molecule has 16 heavy (non-hydrogen) atoms. The lowest BCUT2D eigenvalue weighted by atomic mass is 10.2. The van der Waals surface area contributed by atoms with E-state index in [0.717, 1.165) is 5.56 Å². The highest BCUT2D eigenvalue weighted by molar-refractivity contribution is 7.13. The molecule has 0 fully saturated rings. The van der Waals surface area contributed by atoms with E-state index in [0.29, 0.717) is 10.0 Å². The first-order valence-corrected chi connectivity index (χ1v) is 5.53. The second-order valence-electron chi connectivity index (χ2n) is 2.87. The summed E-state index contributed by atoms with van der Waals surface area (Å²) in [5.74, 6) is 0.0764. The van der Waals surface area contributed by atoms with Crippen LogP contribution in [0.4, 0.5) is 4.79 Å². The summed E-state index contributed by atoms with van der Waals surface area (Å²) in [5.41, 5.74) is 0.831. The topological polar surface area (TPSA) is 59.4 Å². The van der Waals surface area contributed by atoms with Gasteiger partial charge in [0.05, 0.1) is 5.38 Å². The van der Waals surface area contributed by atoms with Crippen molar-refractivity contribution in [3.63, 3.8) is 0 Å². The van der Waals surface area contributed by atoms with E-state index in [1.54, 1.807) is 18.2 Å². The summed E-state index contributed by atoms with van der Waals surface area (Å²) in [6.45, 7) is 0. The molecule has 0 amide bonds. The van der Waals surface area contributed by atoms with Gasteiger partial charge in [-0.05, 0) is 12.1 Å². The van der Waals surface area contributed by atoms with E-state index in [2.05, 4.69) is 9.72 Å². The number of hydrogen-bond donors (Lipinski definition) is 1. The average molecular weight is 256 g/mol. The summed E-state index contributed by atoms with van der Waals surface area (Å²) < 4.78 is 4.43. The molecule has 0 radical (unpaired) electrons. The van der Waals surface area contributed by atoms with Crippen molar-refractivity contribution in [2.24, 2.45) is 0 Å². The van der Waals surface area contributed by atoms with Crippen LogP contribution < -0.4 is 4.74 Å². The lowest BCUT2D eigenvalue weighted by Crippen LogP contribution is -2.02. The van der Waals surface area contributed by atoms with E-state index >= 15 is 0 Å². The van der Waals surface area contributed by atoms with E-state index in [-0.39, 0.29) is 5.88 Å². The SMILES string of the molecule is O=C(O)Oc1csc(-c2cccc(Cl)c2)n1. The summed E-state index contributed by atoms with van der Waals surface area (Å²) in [4.78, 5) is 14.3. The van der Waals surface area contributed by atoms with Crippen LogP contribution in [0, 0.1) is 0 Å². The number of carboxylic acid groups (broad SMARTS) is 1. The number of aromatic nitrogens is 1. The molecule has 82 valence electrons. The van der Waals surface area contributed by atoms with Crippen LogP contribution in [-0.2, 0) is 0 Å². The molecule has 0 atom stereocenters. The maximum Gasteiger partial charge on any atom is 0.512 e. The number of halogens is 1. The number of rotatable bonds is 2. The predicted octanol–water partition coefficient (Wildman–Crippen LogP) is 3.52. The fourth-order valence-corrected chi connectivity index (χ4v) is 2.06. The van der Waals surface area contributed by atoms with Gasteiger partial charge in [0.25, 0.3) is 0 Å². The largest absolute Gasteiger partial charge is 0.512 e. The van der Waals surface area contributed by atoms with Crippen molar-refractivity contribution >= 4 is 29.1 Å². The molecule has 1 aromatic carbocycles. The molecule has 0 saturated carbocycles. The highest BCUT2D eigenvalue weighted by Crippen LogP contribution is 2.28. The second kappa shape index (κ2) is 4.51. The first-order chi connectivity index (χ1) is 7.65. The van der Waals surface area contributed by atoms with Gasteiger partial charge in [0.1, 0.15) is 5.01 Å². The van der Waals surface area contributed by atoms with Crippen LogP contribution in [-0.4, -0.2) is 16.2 Å². The van der Waals surface area contributed by atoms with Gasteiger partial charge in [0.15, 0.2) is 0 Å². The van der Waals surface area contributed by atoms with Crippen molar-refractivity contribution in [1.29, 1.82) is 0 Å². The Morgan fingerprint density at radius 3 is 3.00 bits per heavy atom. The van der Waals surface area contributed by atoms with Crippen LogP contribution in [0.25, 0.3) is 10.6 Å². The summed E-state index contributed by atoms with van der Waals surface area (Å²) >= 11 is 7.13. The van der Waals surface area contributed by atoms with E-state index in [4.69, 9.17) is 16.7 Å². The summed E-state index contributed by atoms with van der Waals surface area (Å²) in [5, 5.41) is 11.2. The lowest BCUT2D eigenvalue weighted by molar-refractivity contribution is 0.143. The summed E-state index contributed by atoms with van der Waals surface area (Å²) in [7, 11) is 0. The number of ether oxygens (including phenoxy) is 1. The third-order valence-corrected chi connectivity index (χ3v) is 2.85. The molecular formula is C10H6ClNO3S. The summed E-state index contributed by atoms with van der Waals surface area (Å²) in [6, 6.07) is 7.16. The van der Waals surface area contributed by atoms with E-state index in [1.807, 2.05) is 6.07 Å². The second-order valence-corrected chi connectivity index (χ2v) is 4.16. The number of nitrogens with zero attached hydrogens (tertiary/aromatic N) is 1. The molecule has 2 rings (SSSR count). The molecule has 1 heterocycles. The summed E-state index contributed by atoms with van der Waals surface area (Å²) in [6.07, 6.45) is -1.37. The molecule has 2 aromatic rings. The van der Waals surface area contributed by atoms with Gasteiger partial charge in [0, 0.05) is 10.6 Å². The van der Waals surface area contributed by atoms with Crippen LogP contribution in [0.15, 0.2) is 29.6 Å². The molecular weight excluding hydrogens is 250 g/mol. The average Bonchev–Trinajstić information content (AvgIpc) is 2.65. The molecule has 0 aliphatic carbocycles. The Labute approximate surface area is 100 Å². The van der Waals surface area contributed by atoms with E-state index in [9.17, 15) is 4.79 Å². The highest BCUT2D eigenvalue weighted by Gasteiger charge is 2.08. The number of carbonyl (C=O) groups is 1. The van der Waals surface area contributed by atoms with Crippen molar-refractivity contribution < 1.29 is 14.6 Å². The number of thiazole rings is 1. The van der Waals surface area contributed by atoms with Gasteiger partial charge in [-0.2, -0.15) is 0 Å². The van der Waals surface area contributed by atoms with Gasteiger partial charge < -0.3 is 9.84 Å². The van der Waals surface area contributed by atoms with Crippen LogP contribution in [0.2, 0.25) is 5.02 Å². The van der Waals surface area contributed by atoms with Crippen LogP contribution >= 0.6 is 22.9 Å². The minimum Gasteiger partial charge on any atom is -0.449 e. The zero-order chi connectivity index (χ0) is 11.5. The maximum atomic E-state index is 10.3. The van der Waals surface area contributed by atoms with Crippen molar-refractivity contribution in [2.75, 3.05) is 0 Å². The van der Waals surface area contributed by atoms with Crippen LogP contribution in [0.1, 0.15) is 0 Å². The van der Waals surface area contributed by atoms with Gasteiger partial charge in [-0.3, -0.25) is 0 Å². The maximum absolute atomic E-state index is 10.3. The molecule has 0 saturated heterocycles. The molecule has 0 bridgehead atoms. The minimum atomic E-state index is -1.37. The highest BCUT2D eigenvalue weighted by atomic mass is 35.5. The Morgan fingerprint density at radius 2 is 2.31 bits per heavy atom. The quantitative estimate of drug-likeness (QED) is 0.834. The van der Waals surface area contributed by atoms with Crippen molar-refractivity contribution in [1.82, 2.24) is 4.98 Å².